The molecule has 164 valence electrons. The van der Waals surface area contributed by atoms with Gasteiger partial charge in [-0.1, -0.05) is 11.6 Å². The maximum Gasteiger partial charge on any atom is 0.251 e. The predicted molar refractivity (Wildman–Crippen MR) is 120 cm³/mol. The summed E-state index contributed by atoms with van der Waals surface area (Å²) in [6.45, 7) is 0.892. The topological polar surface area (TPSA) is 87.7 Å². The largest absolute Gasteiger partial charge is 0.383 e. The highest BCUT2D eigenvalue weighted by molar-refractivity contribution is 6.30. The molecule has 31 heavy (non-hydrogen) atoms. The summed E-state index contributed by atoms with van der Waals surface area (Å²) in [7, 11) is 1.51. The molecule has 2 aromatic rings. The highest BCUT2D eigenvalue weighted by Gasteiger charge is 2.21. The van der Waals surface area contributed by atoms with E-state index in [1.807, 2.05) is 0 Å². The number of halogens is 1. The molecule has 1 unspecified atom stereocenters. The maximum absolute atomic E-state index is 12.7. The SMILES string of the molecule is COCC(CC(=O)Nc1ccc(Cl)cc1)NC(=O)c1ccc(N2CCCCC2=O)cc1. The number of methoxy groups -OCH3 is 1. The molecule has 3 rings (SSSR count). The van der Waals surface area contributed by atoms with Gasteiger partial charge in [-0.25, -0.2) is 0 Å². The lowest BCUT2D eigenvalue weighted by atomic mass is 10.1. The van der Waals surface area contributed by atoms with E-state index in [-0.39, 0.29) is 30.7 Å². The van der Waals surface area contributed by atoms with Crippen LogP contribution in [0.5, 0.6) is 0 Å². The fourth-order valence-corrected chi connectivity index (χ4v) is 3.59. The molecule has 2 aromatic carbocycles. The van der Waals surface area contributed by atoms with Gasteiger partial charge >= 0.3 is 0 Å². The van der Waals surface area contributed by atoms with Crippen LogP contribution in [-0.4, -0.2) is 44.0 Å². The lowest BCUT2D eigenvalue weighted by molar-refractivity contribution is -0.119. The van der Waals surface area contributed by atoms with Gasteiger partial charge in [0.25, 0.3) is 5.91 Å². The van der Waals surface area contributed by atoms with E-state index in [0.29, 0.717) is 29.2 Å². The first-order valence-corrected chi connectivity index (χ1v) is 10.6. The number of piperidine rings is 1. The van der Waals surface area contributed by atoms with Crippen LogP contribution in [0.4, 0.5) is 11.4 Å². The third kappa shape index (κ3) is 6.54. The number of hydrogen-bond acceptors (Lipinski definition) is 4. The average Bonchev–Trinajstić information content (AvgIpc) is 2.76. The number of nitrogens with zero attached hydrogens (tertiary/aromatic N) is 1. The minimum atomic E-state index is -0.492. The summed E-state index contributed by atoms with van der Waals surface area (Å²) in [6.07, 6.45) is 2.51. The summed E-state index contributed by atoms with van der Waals surface area (Å²) in [5, 5.41) is 6.20. The van der Waals surface area contributed by atoms with Crippen molar-refractivity contribution in [2.75, 3.05) is 30.5 Å². The van der Waals surface area contributed by atoms with Crippen LogP contribution in [-0.2, 0) is 14.3 Å². The Morgan fingerprint density at radius 2 is 1.81 bits per heavy atom. The van der Waals surface area contributed by atoms with Crippen LogP contribution in [0.25, 0.3) is 0 Å². The minimum absolute atomic E-state index is 0.0581. The normalized spacial score (nSPS) is 14.8. The van der Waals surface area contributed by atoms with Gasteiger partial charge < -0.3 is 20.3 Å². The fourth-order valence-electron chi connectivity index (χ4n) is 3.46. The van der Waals surface area contributed by atoms with E-state index in [4.69, 9.17) is 16.3 Å². The monoisotopic (exact) mass is 443 g/mol. The minimum Gasteiger partial charge on any atom is -0.383 e. The smallest absolute Gasteiger partial charge is 0.251 e. The molecule has 2 N–H and O–H groups in total. The van der Waals surface area contributed by atoms with Crippen molar-refractivity contribution in [2.24, 2.45) is 0 Å². The van der Waals surface area contributed by atoms with Crippen molar-refractivity contribution in [3.63, 3.8) is 0 Å². The van der Waals surface area contributed by atoms with Crippen LogP contribution in [0.15, 0.2) is 48.5 Å². The Labute approximate surface area is 186 Å². The summed E-state index contributed by atoms with van der Waals surface area (Å²) in [4.78, 5) is 38.8. The number of carbonyl (C=O) groups is 3. The van der Waals surface area contributed by atoms with Gasteiger partial charge in [0.15, 0.2) is 0 Å². The molecular formula is C23H26ClN3O4. The van der Waals surface area contributed by atoms with E-state index in [0.717, 1.165) is 18.5 Å². The number of anilines is 2. The van der Waals surface area contributed by atoms with Crippen molar-refractivity contribution >= 4 is 40.7 Å². The van der Waals surface area contributed by atoms with Gasteiger partial charge in [0.05, 0.1) is 12.6 Å². The quantitative estimate of drug-likeness (QED) is 0.652. The van der Waals surface area contributed by atoms with E-state index >= 15 is 0 Å². The van der Waals surface area contributed by atoms with Gasteiger partial charge in [0.1, 0.15) is 0 Å². The zero-order valence-corrected chi connectivity index (χ0v) is 18.2. The number of ether oxygens (including phenoxy) is 1. The van der Waals surface area contributed by atoms with E-state index in [2.05, 4.69) is 10.6 Å². The van der Waals surface area contributed by atoms with Gasteiger partial charge in [-0.05, 0) is 61.4 Å². The first-order chi connectivity index (χ1) is 15.0. The zero-order chi connectivity index (χ0) is 22.2. The molecule has 0 saturated carbocycles. The number of nitrogens with one attached hydrogen (secondary N) is 2. The molecule has 1 aliphatic heterocycles. The second-order valence-electron chi connectivity index (χ2n) is 7.43. The summed E-state index contributed by atoms with van der Waals surface area (Å²) >= 11 is 5.85. The van der Waals surface area contributed by atoms with E-state index in [1.54, 1.807) is 53.4 Å². The van der Waals surface area contributed by atoms with Gasteiger partial charge in [-0.2, -0.15) is 0 Å². The zero-order valence-electron chi connectivity index (χ0n) is 17.4. The fraction of sp³-hybridized carbons (Fsp3) is 0.348. The molecule has 8 heteroatoms. The Morgan fingerprint density at radius 3 is 2.45 bits per heavy atom. The molecule has 0 aliphatic carbocycles. The summed E-state index contributed by atoms with van der Waals surface area (Å²) in [5.74, 6) is -0.447. The highest BCUT2D eigenvalue weighted by atomic mass is 35.5. The molecule has 1 fully saturated rings. The van der Waals surface area contributed by atoms with Crippen LogP contribution >= 0.6 is 11.6 Å². The second kappa shape index (κ2) is 10.9. The van der Waals surface area contributed by atoms with Crippen molar-refractivity contribution in [2.45, 2.75) is 31.7 Å². The molecule has 0 radical (unpaired) electrons. The van der Waals surface area contributed by atoms with Crippen LogP contribution in [0.2, 0.25) is 5.02 Å². The van der Waals surface area contributed by atoms with Gasteiger partial charge in [-0.3, -0.25) is 14.4 Å². The predicted octanol–water partition coefficient (Wildman–Crippen LogP) is 3.63. The Kier molecular flexibility index (Phi) is 8.03. The van der Waals surface area contributed by atoms with Crippen LogP contribution in [0.3, 0.4) is 0 Å². The Hall–Kier alpha value is -2.90. The van der Waals surface area contributed by atoms with E-state index in [1.165, 1.54) is 7.11 Å². The van der Waals surface area contributed by atoms with Crippen LogP contribution in [0, 0.1) is 0 Å². The Bertz CT molecular complexity index is 915. The number of carbonyl (C=O) groups excluding carboxylic acids is 3. The van der Waals surface area contributed by atoms with Crippen molar-refractivity contribution in [1.29, 1.82) is 0 Å². The highest BCUT2D eigenvalue weighted by Crippen LogP contribution is 2.21. The molecule has 1 saturated heterocycles. The Balaban J connectivity index is 1.58. The lowest BCUT2D eigenvalue weighted by Crippen LogP contribution is -2.40. The lowest BCUT2D eigenvalue weighted by Gasteiger charge is -2.26. The summed E-state index contributed by atoms with van der Waals surface area (Å²) in [5.41, 5.74) is 1.86. The first kappa shape index (κ1) is 22.8. The maximum atomic E-state index is 12.7. The molecule has 1 atom stereocenters. The van der Waals surface area contributed by atoms with Crippen LogP contribution in [0.1, 0.15) is 36.0 Å². The first-order valence-electron chi connectivity index (χ1n) is 10.2. The van der Waals surface area contributed by atoms with E-state index < -0.39 is 6.04 Å². The molecule has 1 heterocycles. The molecule has 0 spiro atoms. The third-order valence-electron chi connectivity index (χ3n) is 5.03. The molecule has 0 bridgehead atoms. The Morgan fingerprint density at radius 1 is 1.10 bits per heavy atom. The van der Waals surface area contributed by atoms with Gasteiger partial charge in [-0.15, -0.1) is 0 Å². The standard InChI is InChI=1S/C23H26ClN3O4/c1-31-15-19(14-21(28)25-18-9-7-17(24)8-10-18)26-23(30)16-5-11-20(12-6-16)27-13-3-2-4-22(27)29/h5-12,19H,2-4,13-15H2,1H3,(H,25,28)(H,26,30). The van der Waals surface area contributed by atoms with Crippen molar-refractivity contribution in [1.82, 2.24) is 5.32 Å². The number of hydrogen-bond donors (Lipinski definition) is 2. The van der Waals surface area contributed by atoms with Gasteiger partial charge in [0.2, 0.25) is 11.8 Å². The van der Waals surface area contributed by atoms with Crippen molar-refractivity contribution in [3.05, 3.63) is 59.1 Å². The van der Waals surface area contributed by atoms with Crippen molar-refractivity contribution < 1.29 is 19.1 Å². The molecule has 3 amide bonds. The summed E-state index contributed by atoms with van der Waals surface area (Å²) in [6, 6.07) is 13.2. The molecule has 0 aromatic heterocycles. The third-order valence-corrected chi connectivity index (χ3v) is 5.28. The average molecular weight is 444 g/mol. The number of benzene rings is 2. The van der Waals surface area contributed by atoms with Gasteiger partial charge in [0, 0.05) is 48.5 Å². The molecular weight excluding hydrogens is 418 g/mol. The second-order valence-corrected chi connectivity index (χ2v) is 7.87. The molecule has 7 nitrogen and oxygen atoms in total. The summed E-state index contributed by atoms with van der Waals surface area (Å²) < 4.78 is 5.16. The number of rotatable bonds is 8. The number of amides is 3. The molecule has 1 aliphatic rings. The van der Waals surface area contributed by atoms with Crippen LogP contribution < -0.4 is 15.5 Å². The van der Waals surface area contributed by atoms with Crippen molar-refractivity contribution in [3.8, 4) is 0 Å². The van der Waals surface area contributed by atoms with E-state index in [9.17, 15) is 14.4 Å².